The first-order chi connectivity index (χ1) is 10.0. The lowest BCUT2D eigenvalue weighted by molar-refractivity contribution is -0.384. The molecule has 0 atom stereocenters. The van der Waals surface area contributed by atoms with E-state index >= 15 is 0 Å². The Hall–Kier alpha value is -2.63. The summed E-state index contributed by atoms with van der Waals surface area (Å²) in [6.45, 7) is 4.32. The highest BCUT2D eigenvalue weighted by Gasteiger charge is 2.11. The first-order valence-electron chi connectivity index (χ1n) is 6.63. The molecular formula is C15H17N3O3. The van der Waals surface area contributed by atoms with Crippen LogP contribution in [0.5, 0.6) is 5.75 Å². The van der Waals surface area contributed by atoms with E-state index < -0.39 is 4.92 Å². The number of nitrogens with zero attached hydrogens (tertiary/aromatic N) is 2. The molecule has 0 saturated carbocycles. The van der Waals surface area contributed by atoms with Gasteiger partial charge < -0.3 is 10.1 Å². The standard InChI is InChI=1S/C15H17N3O3/c1-11(2)21-15-8-13(7-14(9-15)18(19)20)17-10-12-3-5-16-6-4-12/h3-9,11,17H,10H2,1-2H3. The van der Waals surface area contributed by atoms with Crippen LogP contribution in [0, 0.1) is 10.1 Å². The normalized spacial score (nSPS) is 10.4. The Labute approximate surface area is 122 Å². The van der Waals surface area contributed by atoms with E-state index in [1.807, 2.05) is 26.0 Å². The minimum absolute atomic E-state index is 0.00498. The summed E-state index contributed by atoms with van der Waals surface area (Å²) in [6, 6.07) is 8.45. The molecule has 21 heavy (non-hydrogen) atoms. The van der Waals surface area contributed by atoms with E-state index in [9.17, 15) is 10.1 Å². The van der Waals surface area contributed by atoms with Crippen molar-refractivity contribution in [3.8, 4) is 5.75 Å². The summed E-state index contributed by atoms with van der Waals surface area (Å²) in [5.41, 5.74) is 1.70. The predicted octanol–water partition coefficient (Wildman–Crippen LogP) is 3.39. The van der Waals surface area contributed by atoms with Crippen LogP contribution in [0.1, 0.15) is 19.4 Å². The number of hydrogen-bond donors (Lipinski definition) is 1. The van der Waals surface area contributed by atoms with Crippen LogP contribution < -0.4 is 10.1 Å². The zero-order valence-corrected chi connectivity index (χ0v) is 11.9. The molecule has 6 heteroatoms. The Morgan fingerprint density at radius 3 is 2.62 bits per heavy atom. The zero-order valence-electron chi connectivity index (χ0n) is 11.9. The van der Waals surface area contributed by atoms with E-state index in [0.717, 1.165) is 5.56 Å². The van der Waals surface area contributed by atoms with Crippen LogP contribution in [-0.4, -0.2) is 16.0 Å². The Morgan fingerprint density at radius 1 is 1.29 bits per heavy atom. The second-order valence-corrected chi connectivity index (χ2v) is 4.85. The molecule has 0 spiro atoms. The number of anilines is 1. The monoisotopic (exact) mass is 287 g/mol. The lowest BCUT2D eigenvalue weighted by Gasteiger charge is -2.12. The Morgan fingerprint density at radius 2 is 2.00 bits per heavy atom. The summed E-state index contributed by atoms with van der Waals surface area (Å²) in [5.74, 6) is 0.483. The molecule has 0 saturated heterocycles. The number of benzene rings is 1. The molecule has 1 heterocycles. The largest absolute Gasteiger partial charge is 0.491 e. The lowest BCUT2D eigenvalue weighted by atomic mass is 10.2. The molecule has 1 aromatic carbocycles. The van der Waals surface area contributed by atoms with Crippen molar-refractivity contribution in [1.29, 1.82) is 0 Å². The third-order valence-electron chi connectivity index (χ3n) is 2.72. The number of hydrogen-bond acceptors (Lipinski definition) is 5. The fourth-order valence-corrected chi connectivity index (χ4v) is 1.84. The van der Waals surface area contributed by atoms with Crippen molar-refractivity contribution < 1.29 is 9.66 Å². The van der Waals surface area contributed by atoms with Crippen LogP contribution in [0.25, 0.3) is 0 Å². The van der Waals surface area contributed by atoms with Crippen LogP contribution in [0.15, 0.2) is 42.7 Å². The van der Waals surface area contributed by atoms with E-state index in [4.69, 9.17) is 4.74 Å². The molecule has 0 fully saturated rings. The maximum Gasteiger partial charge on any atom is 0.275 e. The second kappa shape index (κ2) is 6.69. The van der Waals surface area contributed by atoms with Crippen LogP contribution >= 0.6 is 0 Å². The Kier molecular flexibility index (Phi) is 4.71. The number of non-ortho nitro benzene ring substituents is 1. The maximum atomic E-state index is 11.0. The van der Waals surface area contributed by atoms with Crippen molar-refractivity contribution in [3.05, 3.63) is 58.4 Å². The number of pyridine rings is 1. The maximum absolute atomic E-state index is 11.0. The number of nitro groups is 1. The van der Waals surface area contributed by atoms with Gasteiger partial charge in [0.1, 0.15) is 5.75 Å². The Bertz CT molecular complexity index is 615. The van der Waals surface area contributed by atoms with E-state index in [2.05, 4.69) is 10.3 Å². The quantitative estimate of drug-likeness (QED) is 0.651. The molecule has 1 aromatic heterocycles. The fraction of sp³-hybridized carbons (Fsp3) is 0.267. The summed E-state index contributed by atoms with van der Waals surface area (Å²) in [5, 5.41) is 14.1. The summed E-state index contributed by atoms with van der Waals surface area (Å²) in [6.07, 6.45) is 3.37. The fourth-order valence-electron chi connectivity index (χ4n) is 1.84. The van der Waals surface area contributed by atoms with Gasteiger partial charge in [-0.3, -0.25) is 15.1 Å². The smallest absolute Gasteiger partial charge is 0.275 e. The van der Waals surface area contributed by atoms with Crippen molar-refractivity contribution in [3.63, 3.8) is 0 Å². The van der Waals surface area contributed by atoms with Gasteiger partial charge in [0, 0.05) is 36.8 Å². The second-order valence-electron chi connectivity index (χ2n) is 4.85. The zero-order chi connectivity index (χ0) is 15.2. The van der Waals surface area contributed by atoms with Gasteiger partial charge in [0.05, 0.1) is 17.1 Å². The lowest BCUT2D eigenvalue weighted by Crippen LogP contribution is -2.07. The molecule has 0 aliphatic rings. The van der Waals surface area contributed by atoms with Gasteiger partial charge in [-0.15, -0.1) is 0 Å². The van der Waals surface area contributed by atoms with Gasteiger partial charge in [-0.1, -0.05) is 0 Å². The predicted molar refractivity (Wildman–Crippen MR) is 80.4 cm³/mol. The van der Waals surface area contributed by atoms with E-state index in [1.54, 1.807) is 18.5 Å². The van der Waals surface area contributed by atoms with Crippen molar-refractivity contribution in [2.24, 2.45) is 0 Å². The molecule has 110 valence electrons. The van der Waals surface area contributed by atoms with Crippen molar-refractivity contribution in [2.75, 3.05) is 5.32 Å². The Balaban J connectivity index is 2.17. The van der Waals surface area contributed by atoms with Gasteiger partial charge in [-0.25, -0.2) is 0 Å². The summed E-state index contributed by atoms with van der Waals surface area (Å²) >= 11 is 0. The number of rotatable bonds is 6. The highest BCUT2D eigenvalue weighted by atomic mass is 16.6. The molecule has 0 aliphatic heterocycles. The van der Waals surface area contributed by atoms with Crippen LogP contribution in [0.2, 0.25) is 0 Å². The molecule has 0 radical (unpaired) electrons. The molecule has 6 nitrogen and oxygen atoms in total. The average Bonchev–Trinajstić information content (AvgIpc) is 2.45. The van der Waals surface area contributed by atoms with Crippen molar-refractivity contribution in [1.82, 2.24) is 4.98 Å². The van der Waals surface area contributed by atoms with Crippen LogP contribution in [0.3, 0.4) is 0 Å². The third-order valence-corrected chi connectivity index (χ3v) is 2.72. The van der Waals surface area contributed by atoms with Crippen LogP contribution in [0.4, 0.5) is 11.4 Å². The number of ether oxygens (including phenoxy) is 1. The first kappa shape index (κ1) is 14.8. The highest BCUT2D eigenvalue weighted by molar-refractivity contribution is 5.56. The van der Waals surface area contributed by atoms with E-state index in [-0.39, 0.29) is 11.8 Å². The van der Waals surface area contributed by atoms with Gasteiger partial charge in [-0.05, 0) is 31.5 Å². The average molecular weight is 287 g/mol. The molecule has 1 N–H and O–H groups in total. The summed E-state index contributed by atoms with van der Waals surface area (Å²) < 4.78 is 5.54. The molecule has 2 aromatic rings. The minimum Gasteiger partial charge on any atom is -0.491 e. The van der Waals surface area contributed by atoms with Gasteiger partial charge in [0.2, 0.25) is 0 Å². The number of nitrogens with one attached hydrogen (secondary N) is 1. The molecule has 2 rings (SSSR count). The summed E-state index contributed by atoms with van der Waals surface area (Å²) in [4.78, 5) is 14.5. The number of aromatic nitrogens is 1. The topological polar surface area (TPSA) is 77.3 Å². The van der Waals surface area contributed by atoms with Gasteiger partial charge in [0.15, 0.2) is 0 Å². The molecule has 0 unspecified atom stereocenters. The minimum atomic E-state index is -0.426. The van der Waals surface area contributed by atoms with Gasteiger partial charge >= 0.3 is 0 Å². The van der Waals surface area contributed by atoms with Crippen molar-refractivity contribution in [2.45, 2.75) is 26.5 Å². The van der Waals surface area contributed by atoms with E-state index in [1.165, 1.54) is 12.1 Å². The highest BCUT2D eigenvalue weighted by Crippen LogP contribution is 2.27. The van der Waals surface area contributed by atoms with Gasteiger partial charge in [-0.2, -0.15) is 0 Å². The number of nitro benzene ring substituents is 1. The SMILES string of the molecule is CC(C)Oc1cc(NCc2ccncc2)cc([N+](=O)[O-])c1. The molecule has 0 bridgehead atoms. The molecule has 0 amide bonds. The van der Waals surface area contributed by atoms with Gasteiger partial charge in [0.25, 0.3) is 5.69 Å². The third kappa shape index (κ3) is 4.45. The van der Waals surface area contributed by atoms with E-state index in [0.29, 0.717) is 18.0 Å². The first-order valence-corrected chi connectivity index (χ1v) is 6.63. The molecular weight excluding hydrogens is 270 g/mol. The summed E-state index contributed by atoms with van der Waals surface area (Å²) in [7, 11) is 0. The van der Waals surface area contributed by atoms with Crippen molar-refractivity contribution >= 4 is 11.4 Å². The molecule has 0 aliphatic carbocycles. The van der Waals surface area contributed by atoms with Crippen LogP contribution in [-0.2, 0) is 6.54 Å².